The summed E-state index contributed by atoms with van der Waals surface area (Å²) < 4.78 is 5.26. The van der Waals surface area contributed by atoms with Gasteiger partial charge in [0, 0.05) is 19.6 Å². The van der Waals surface area contributed by atoms with Crippen molar-refractivity contribution in [1.82, 2.24) is 4.90 Å². The highest BCUT2D eigenvalue weighted by Gasteiger charge is 2.28. The van der Waals surface area contributed by atoms with Crippen LogP contribution in [0.15, 0.2) is 0 Å². The zero-order valence-electron chi connectivity index (χ0n) is 12.4. The maximum atomic E-state index is 12.3. The Kier molecular flexibility index (Phi) is 6.95. The molecule has 0 aromatic heterocycles. The minimum atomic E-state index is -0.955. The summed E-state index contributed by atoms with van der Waals surface area (Å²) in [7, 11) is 0. The molecule has 1 aliphatic heterocycles. The van der Waals surface area contributed by atoms with E-state index in [9.17, 15) is 9.59 Å². The van der Waals surface area contributed by atoms with Crippen LogP contribution in [0.2, 0.25) is 0 Å². The number of hydrogen-bond donors (Lipinski definition) is 2. The van der Waals surface area contributed by atoms with Gasteiger partial charge in [-0.05, 0) is 25.2 Å². The molecule has 0 radical (unpaired) electrons. The van der Waals surface area contributed by atoms with Gasteiger partial charge < -0.3 is 20.5 Å². The molecule has 0 saturated carbocycles. The van der Waals surface area contributed by atoms with Crippen molar-refractivity contribution >= 4 is 11.9 Å². The van der Waals surface area contributed by atoms with Crippen molar-refractivity contribution in [3.8, 4) is 0 Å². The highest BCUT2D eigenvalue weighted by Crippen LogP contribution is 2.19. The molecule has 0 spiro atoms. The van der Waals surface area contributed by atoms with Crippen molar-refractivity contribution in [3.05, 3.63) is 0 Å². The summed E-state index contributed by atoms with van der Waals surface area (Å²) in [6, 6.07) is 0. The number of carbonyl (C=O) groups excluding carboxylic acids is 1. The summed E-state index contributed by atoms with van der Waals surface area (Å²) in [5, 5.41) is 8.57. The van der Waals surface area contributed by atoms with E-state index in [2.05, 4.69) is 13.8 Å². The van der Waals surface area contributed by atoms with Crippen LogP contribution in [0.1, 0.15) is 33.1 Å². The molecule has 1 atom stereocenters. The zero-order valence-corrected chi connectivity index (χ0v) is 12.4. The SMILES string of the molecule is CC(C)CC(CN)C(=O)N1CCC(OCC(=O)O)CC1. The van der Waals surface area contributed by atoms with Crippen molar-refractivity contribution in [1.29, 1.82) is 0 Å². The average molecular weight is 286 g/mol. The number of piperidine rings is 1. The molecule has 3 N–H and O–H groups in total. The van der Waals surface area contributed by atoms with Gasteiger partial charge in [0.2, 0.25) is 5.91 Å². The molecule has 0 bridgehead atoms. The van der Waals surface area contributed by atoms with Crippen LogP contribution < -0.4 is 5.73 Å². The highest BCUT2D eigenvalue weighted by atomic mass is 16.5. The van der Waals surface area contributed by atoms with Gasteiger partial charge >= 0.3 is 5.97 Å². The first-order valence-corrected chi connectivity index (χ1v) is 7.26. The quantitative estimate of drug-likeness (QED) is 0.718. The number of rotatable bonds is 7. The lowest BCUT2D eigenvalue weighted by Gasteiger charge is -2.34. The average Bonchev–Trinajstić information content (AvgIpc) is 2.42. The fraction of sp³-hybridized carbons (Fsp3) is 0.857. The Morgan fingerprint density at radius 3 is 2.40 bits per heavy atom. The second-order valence-corrected chi connectivity index (χ2v) is 5.79. The van der Waals surface area contributed by atoms with E-state index in [0.29, 0.717) is 38.4 Å². The Morgan fingerprint density at radius 2 is 1.95 bits per heavy atom. The Hall–Kier alpha value is -1.14. The summed E-state index contributed by atoms with van der Waals surface area (Å²) in [6.07, 6.45) is 2.14. The van der Waals surface area contributed by atoms with E-state index in [-0.39, 0.29) is 24.5 Å². The van der Waals surface area contributed by atoms with Crippen molar-refractivity contribution < 1.29 is 19.4 Å². The molecule has 6 nitrogen and oxygen atoms in total. The van der Waals surface area contributed by atoms with Gasteiger partial charge in [-0.2, -0.15) is 0 Å². The van der Waals surface area contributed by atoms with Crippen molar-refractivity contribution in [2.45, 2.75) is 39.2 Å². The number of carboxylic acid groups (broad SMARTS) is 1. The minimum Gasteiger partial charge on any atom is -0.480 e. The molecule has 20 heavy (non-hydrogen) atoms. The van der Waals surface area contributed by atoms with Crippen LogP contribution >= 0.6 is 0 Å². The summed E-state index contributed by atoms with van der Waals surface area (Å²) in [5.41, 5.74) is 5.70. The number of nitrogens with zero attached hydrogens (tertiary/aromatic N) is 1. The zero-order chi connectivity index (χ0) is 15.1. The number of aliphatic carboxylic acids is 1. The van der Waals surface area contributed by atoms with E-state index in [1.54, 1.807) is 0 Å². The predicted octanol–water partition coefficient (Wildman–Crippen LogP) is 0.700. The maximum Gasteiger partial charge on any atom is 0.329 e. The van der Waals surface area contributed by atoms with Crippen LogP contribution in [0.3, 0.4) is 0 Å². The fourth-order valence-corrected chi connectivity index (χ4v) is 2.56. The molecule has 0 aromatic rings. The molecule has 116 valence electrons. The first-order valence-electron chi connectivity index (χ1n) is 7.26. The van der Waals surface area contributed by atoms with E-state index >= 15 is 0 Å². The first-order chi connectivity index (χ1) is 9.43. The summed E-state index contributed by atoms with van der Waals surface area (Å²) >= 11 is 0. The molecule has 1 rings (SSSR count). The molecule has 1 heterocycles. The largest absolute Gasteiger partial charge is 0.480 e. The molecule has 1 amide bonds. The summed E-state index contributed by atoms with van der Waals surface area (Å²) in [4.78, 5) is 24.6. The van der Waals surface area contributed by atoms with Gasteiger partial charge in [0.05, 0.1) is 12.0 Å². The Balaban J connectivity index is 2.39. The lowest BCUT2D eigenvalue weighted by Crippen LogP contribution is -2.45. The molecule has 0 aromatic carbocycles. The van der Waals surface area contributed by atoms with Crippen LogP contribution in [-0.2, 0) is 14.3 Å². The molecule has 6 heteroatoms. The molecule has 1 aliphatic rings. The fourth-order valence-electron chi connectivity index (χ4n) is 2.56. The van der Waals surface area contributed by atoms with Crippen LogP contribution in [0.4, 0.5) is 0 Å². The normalized spacial score (nSPS) is 18.3. The number of carbonyl (C=O) groups is 2. The monoisotopic (exact) mass is 286 g/mol. The molecule has 1 unspecified atom stereocenters. The van der Waals surface area contributed by atoms with E-state index in [0.717, 1.165) is 6.42 Å². The third-order valence-corrected chi connectivity index (χ3v) is 3.59. The van der Waals surface area contributed by atoms with Crippen molar-refractivity contribution in [3.63, 3.8) is 0 Å². The van der Waals surface area contributed by atoms with Gasteiger partial charge in [-0.3, -0.25) is 4.79 Å². The Bertz CT molecular complexity index is 325. The van der Waals surface area contributed by atoms with Gasteiger partial charge in [0.25, 0.3) is 0 Å². The molecule has 1 saturated heterocycles. The van der Waals surface area contributed by atoms with Crippen LogP contribution in [0.25, 0.3) is 0 Å². The molecule has 0 aliphatic carbocycles. The third-order valence-electron chi connectivity index (χ3n) is 3.59. The Labute approximate surface area is 120 Å². The van der Waals surface area contributed by atoms with Gasteiger partial charge in [-0.1, -0.05) is 13.8 Å². The van der Waals surface area contributed by atoms with Crippen molar-refractivity contribution in [2.75, 3.05) is 26.2 Å². The van der Waals surface area contributed by atoms with Crippen LogP contribution in [0, 0.1) is 11.8 Å². The van der Waals surface area contributed by atoms with E-state index < -0.39 is 5.97 Å². The minimum absolute atomic E-state index is 0.0587. The first kappa shape index (κ1) is 16.9. The molecular weight excluding hydrogens is 260 g/mol. The third kappa shape index (κ3) is 5.46. The smallest absolute Gasteiger partial charge is 0.329 e. The lowest BCUT2D eigenvalue weighted by molar-refractivity contribution is -0.147. The van der Waals surface area contributed by atoms with Gasteiger partial charge in [-0.25, -0.2) is 4.79 Å². The Morgan fingerprint density at radius 1 is 1.35 bits per heavy atom. The summed E-state index contributed by atoms with van der Waals surface area (Å²) in [5.74, 6) is -0.489. The van der Waals surface area contributed by atoms with E-state index in [1.807, 2.05) is 4.90 Å². The van der Waals surface area contributed by atoms with Crippen LogP contribution in [0.5, 0.6) is 0 Å². The highest BCUT2D eigenvalue weighted by molar-refractivity contribution is 5.79. The predicted molar refractivity (Wildman–Crippen MR) is 75.2 cm³/mol. The van der Waals surface area contributed by atoms with Gasteiger partial charge in [0.15, 0.2) is 0 Å². The lowest BCUT2D eigenvalue weighted by atomic mass is 9.95. The number of nitrogens with two attached hydrogens (primary N) is 1. The van der Waals surface area contributed by atoms with Gasteiger partial charge in [0.1, 0.15) is 6.61 Å². The van der Waals surface area contributed by atoms with E-state index in [4.69, 9.17) is 15.6 Å². The number of likely N-dealkylation sites (tertiary alicyclic amines) is 1. The van der Waals surface area contributed by atoms with Crippen LogP contribution in [-0.4, -0.2) is 54.2 Å². The standard InChI is InChI=1S/C14H26N2O4/c1-10(2)7-11(8-15)14(19)16-5-3-12(4-6-16)20-9-13(17)18/h10-12H,3-9,15H2,1-2H3,(H,17,18). The topological polar surface area (TPSA) is 92.9 Å². The number of amides is 1. The summed E-state index contributed by atoms with van der Waals surface area (Å²) in [6.45, 7) is 5.53. The number of ether oxygens (including phenoxy) is 1. The maximum absolute atomic E-state index is 12.3. The molecule has 1 fully saturated rings. The number of carboxylic acids is 1. The van der Waals surface area contributed by atoms with Gasteiger partial charge in [-0.15, -0.1) is 0 Å². The van der Waals surface area contributed by atoms with Crippen molar-refractivity contribution in [2.24, 2.45) is 17.6 Å². The second-order valence-electron chi connectivity index (χ2n) is 5.79. The molecular formula is C14H26N2O4. The van der Waals surface area contributed by atoms with E-state index in [1.165, 1.54) is 0 Å². The number of hydrogen-bond acceptors (Lipinski definition) is 4. The second kappa shape index (κ2) is 8.21.